The number of aromatic nitrogens is 2. The lowest BCUT2D eigenvalue weighted by molar-refractivity contribution is 0.0948. The monoisotopic (exact) mass is 322 g/mol. The highest BCUT2D eigenvalue weighted by Crippen LogP contribution is 2.13. The van der Waals surface area contributed by atoms with Gasteiger partial charge in [-0.2, -0.15) is 10.2 Å². The van der Waals surface area contributed by atoms with Gasteiger partial charge < -0.3 is 5.11 Å². The van der Waals surface area contributed by atoms with Crippen molar-refractivity contribution in [2.24, 2.45) is 12.1 Å². The number of benzene rings is 1. The fourth-order valence-electron chi connectivity index (χ4n) is 1.44. The second kappa shape index (κ2) is 5.66. The van der Waals surface area contributed by atoms with E-state index in [0.717, 1.165) is 0 Å². The van der Waals surface area contributed by atoms with Crippen molar-refractivity contribution in [3.05, 3.63) is 46.2 Å². The minimum atomic E-state index is -0.413. The van der Waals surface area contributed by atoms with Crippen LogP contribution >= 0.6 is 15.9 Å². The summed E-state index contributed by atoms with van der Waals surface area (Å²) in [5.74, 6) is -0.272. The van der Waals surface area contributed by atoms with Gasteiger partial charge >= 0.3 is 0 Å². The van der Waals surface area contributed by atoms with E-state index in [2.05, 4.69) is 31.6 Å². The molecule has 98 valence electrons. The van der Waals surface area contributed by atoms with Crippen LogP contribution in [-0.4, -0.2) is 27.0 Å². The summed E-state index contributed by atoms with van der Waals surface area (Å²) in [5, 5.41) is 17.1. The molecule has 0 atom stereocenters. The molecule has 6 nitrogen and oxygen atoms in total. The van der Waals surface area contributed by atoms with E-state index in [1.807, 2.05) is 0 Å². The van der Waals surface area contributed by atoms with Crippen molar-refractivity contribution in [2.75, 3.05) is 0 Å². The number of rotatable bonds is 3. The Morgan fingerprint density at radius 2 is 2.37 bits per heavy atom. The summed E-state index contributed by atoms with van der Waals surface area (Å²) < 4.78 is 2.12. The summed E-state index contributed by atoms with van der Waals surface area (Å²) in [4.78, 5) is 11.8. The van der Waals surface area contributed by atoms with Gasteiger partial charge in [-0.25, -0.2) is 5.43 Å². The largest absolute Gasteiger partial charge is 0.508 e. The highest BCUT2D eigenvalue weighted by atomic mass is 79.9. The first kappa shape index (κ1) is 13.3. The zero-order valence-electron chi connectivity index (χ0n) is 10.0. The van der Waals surface area contributed by atoms with Crippen molar-refractivity contribution in [3.63, 3.8) is 0 Å². The van der Waals surface area contributed by atoms with E-state index in [9.17, 15) is 9.90 Å². The summed E-state index contributed by atoms with van der Waals surface area (Å²) in [5.41, 5.74) is 3.30. The minimum Gasteiger partial charge on any atom is -0.508 e. The molecule has 1 aromatic heterocycles. The van der Waals surface area contributed by atoms with E-state index in [4.69, 9.17) is 0 Å². The normalized spacial score (nSPS) is 10.8. The van der Waals surface area contributed by atoms with Gasteiger partial charge in [0.15, 0.2) is 5.69 Å². The van der Waals surface area contributed by atoms with Crippen LogP contribution in [0.3, 0.4) is 0 Å². The number of aryl methyl sites for hydroxylation is 1. The quantitative estimate of drug-likeness (QED) is 0.666. The van der Waals surface area contributed by atoms with Gasteiger partial charge in [-0.3, -0.25) is 9.48 Å². The number of nitrogens with zero attached hydrogens (tertiary/aromatic N) is 3. The highest BCUT2D eigenvalue weighted by Gasteiger charge is 2.13. The number of hydrogen-bond donors (Lipinski definition) is 2. The van der Waals surface area contributed by atoms with Crippen LogP contribution in [0.4, 0.5) is 0 Å². The molecule has 0 fully saturated rings. The van der Waals surface area contributed by atoms with Gasteiger partial charge in [0.1, 0.15) is 5.75 Å². The van der Waals surface area contributed by atoms with Crippen LogP contribution in [0.15, 0.2) is 40.0 Å². The molecule has 0 saturated heterocycles. The minimum absolute atomic E-state index is 0.141. The number of carbonyl (C=O) groups is 1. The molecule has 2 aromatic rings. The lowest BCUT2D eigenvalue weighted by atomic mass is 10.2. The van der Waals surface area contributed by atoms with E-state index in [0.29, 0.717) is 10.0 Å². The fraction of sp³-hybridized carbons (Fsp3) is 0.0833. The summed E-state index contributed by atoms with van der Waals surface area (Å²) >= 11 is 3.23. The van der Waals surface area contributed by atoms with Crippen molar-refractivity contribution in [1.29, 1.82) is 0 Å². The van der Waals surface area contributed by atoms with Gasteiger partial charge in [-0.1, -0.05) is 12.1 Å². The second-order valence-electron chi connectivity index (χ2n) is 3.79. The molecule has 0 aliphatic heterocycles. The third-order valence-electron chi connectivity index (χ3n) is 2.25. The molecule has 0 spiro atoms. The zero-order chi connectivity index (χ0) is 13.8. The second-order valence-corrected chi connectivity index (χ2v) is 4.65. The molecular weight excluding hydrogens is 312 g/mol. The number of aromatic hydroxyl groups is 1. The molecule has 1 heterocycles. The van der Waals surface area contributed by atoms with Crippen molar-refractivity contribution in [1.82, 2.24) is 15.2 Å². The van der Waals surface area contributed by atoms with Crippen LogP contribution in [0.1, 0.15) is 16.1 Å². The van der Waals surface area contributed by atoms with Crippen LogP contribution in [0, 0.1) is 0 Å². The first-order chi connectivity index (χ1) is 9.06. The Morgan fingerprint density at radius 3 is 3.00 bits per heavy atom. The Hall–Kier alpha value is -2.15. The molecule has 7 heteroatoms. The van der Waals surface area contributed by atoms with Gasteiger partial charge in [0.2, 0.25) is 0 Å². The Labute approximate surface area is 117 Å². The topological polar surface area (TPSA) is 79.5 Å². The maximum Gasteiger partial charge on any atom is 0.293 e. The number of hydrogen-bond acceptors (Lipinski definition) is 4. The van der Waals surface area contributed by atoms with E-state index in [1.165, 1.54) is 17.0 Å². The number of amides is 1. The summed E-state index contributed by atoms with van der Waals surface area (Å²) in [6, 6.07) is 6.53. The number of phenols is 1. The predicted molar refractivity (Wildman–Crippen MR) is 74.1 cm³/mol. The maximum absolute atomic E-state index is 11.8. The van der Waals surface area contributed by atoms with Crippen LogP contribution in [0.5, 0.6) is 5.75 Å². The van der Waals surface area contributed by atoms with Crippen LogP contribution in [0.25, 0.3) is 0 Å². The van der Waals surface area contributed by atoms with Crippen molar-refractivity contribution in [2.45, 2.75) is 0 Å². The van der Waals surface area contributed by atoms with Gasteiger partial charge in [-0.15, -0.1) is 0 Å². The summed E-state index contributed by atoms with van der Waals surface area (Å²) in [7, 11) is 1.72. The predicted octanol–water partition coefficient (Wildman–Crippen LogP) is 1.65. The summed E-state index contributed by atoms with van der Waals surface area (Å²) in [6.07, 6.45) is 3.11. The Bertz CT molecular complexity index is 636. The lowest BCUT2D eigenvalue weighted by Gasteiger charge is -1.97. The average Bonchev–Trinajstić information content (AvgIpc) is 2.68. The van der Waals surface area contributed by atoms with Crippen molar-refractivity contribution < 1.29 is 9.90 Å². The molecule has 2 rings (SSSR count). The van der Waals surface area contributed by atoms with E-state index in [-0.39, 0.29) is 11.4 Å². The molecule has 0 bridgehead atoms. The van der Waals surface area contributed by atoms with E-state index in [1.54, 1.807) is 31.4 Å². The third kappa shape index (κ3) is 3.41. The number of halogens is 1. The number of nitrogens with one attached hydrogen (secondary N) is 1. The maximum atomic E-state index is 11.8. The SMILES string of the molecule is Cn1cc(Br)c(C(=O)N/N=C/c2cccc(O)c2)n1. The highest BCUT2D eigenvalue weighted by molar-refractivity contribution is 9.10. The zero-order valence-corrected chi connectivity index (χ0v) is 11.6. The van der Waals surface area contributed by atoms with Gasteiger partial charge in [0.25, 0.3) is 5.91 Å². The molecule has 0 unspecified atom stereocenters. The lowest BCUT2D eigenvalue weighted by Crippen LogP contribution is -2.18. The third-order valence-corrected chi connectivity index (χ3v) is 2.83. The molecule has 1 amide bonds. The Morgan fingerprint density at radius 1 is 1.58 bits per heavy atom. The van der Waals surface area contributed by atoms with Gasteiger partial charge in [0, 0.05) is 13.2 Å². The van der Waals surface area contributed by atoms with Crippen molar-refractivity contribution in [3.8, 4) is 5.75 Å². The van der Waals surface area contributed by atoms with Gasteiger partial charge in [-0.05, 0) is 33.6 Å². The molecule has 0 aliphatic rings. The molecule has 0 saturated carbocycles. The van der Waals surface area contributed by atoms with E-state index >= 15 is 0 Å². The fourth-order valence-corrected chi connectivity index (χ4v) is 1.99. The Balaban J connectivity index is 2.03. The first-order valence-corrected chi connectivity index (χ1v) is 6.17. The number of carbonyl (C=O) groups excluding carboxylic acids is 1. The van der Waals surface area contributed by atoms with Crippen LogP contribution < -0.4 is 5.43 Å². The molecule has 19 heavy (non-hydrogen) atoms. The molecule has 0 aliphatic carbocycles. The standard InChI is InChI=1S/C12H11BrN4O2/c1-17-7-10(13)11(16-17)12(19)15-14-6-8-3-2-4-9(18)5-8/h2-7,18H,1H3,(H,15,19)/b14-6+. The van der Waals surface area contributed by atoms with Gasteiger partial charge in [0.05, 0.1) is 10.7 Å². The molecule has 1 aromatic carbocycles. The Kier molecular flexibility index (Phi) is 3.96. The first-order valence-electron chi connectivity index (χ1n) is 5.38. The summed E-state index contributed by atoms with van der Waals surface area (Å²) in [6.45, 7) is 0. The van der Waals surface area contributed by atoms with Crippen molar-refractivity contribution >= 4 is 28.1 Å². The van der Waals surface area contributed by atoms with Crippen LogP contribution in [-0.2, 0) is 7.05 Å². The number of hydrazone groups is 1. The molecule has 0 radical (unpaired) electrons. The average molecular weight is 323 g/mol. The van der Waals surface area contributed by atoms with Crippen LogP contribution in [0.2, 0.25) is 0 Å². The van der Waals surface area contributed by atoms with E-state index < -0.39 is 5.91 Å². The molecular formula is C12H11BrN4O2. The smallest absolute Gasteiger partial charge is 0.293 e. The number of phenolic OH excluding ortho intramolecular Hbond substituents is 1. The molecule has 2 N–H and O–H groups in total.